The molecule has 9 nitrogen and oxygen atoms in total. The van der Waals surface area contributed by atoms with E-state index in [1.54, 1.807) is 19.1 Å². The summed E-state index contributed by atoms with van der Waals surface area (Å²) in [6, 6.07) is 15.0. The largest absolute Gasteiger partial charge is 0.486 e. The molecule has 2 N–H and O–H groups in total. The smallest absolute Gasteiger partial charge is 0.373 e. The van der Waals surface area contributed by atoms with Crippen LogP contribution in [0.25, 0.3) is 17.2 Å². The van der Waals surface area contributed by atoms with Crippen LogP contribution in [0.1, 0.15) is 35.5 Å². The Morgan fingerprint density at radius 1 is 1.13 bits per heavy atom. The van der Waals surface area contributed by atoms with E-state index < -0.39 is 29.4 Å². The molecule has 2 aromatic heterocycles. The first kappa shape index (κ1) is 25.1. The average Bonchev–Trinajstić information content (AvgIpc) is 2.92. The molecule has 5 rings (SSSR count). The van der Waals surface area contributed by atoms with Gasteiger partial charge in [-0.15, -0.1) is 0 Å². The molecule has 3 heterocycles. The van der Waals surface area contributed by atoms with Crippen LogP contribution >= 0.6 is 0 Å². The van der Waals surface area contributed by atoms with Gasteiger partial charge in [-0.3, -0.25) is 14.3 Å². The van der Waals surface area contributed by atoms with Gasteiger partial charge >= 0.3 is 5.97 Å². The first-order valence-corrected chi connectivity index (χ1v) is 11.8. The van der Waals surface area contributed by atoms with E-state index in [4.69, 9.17) is 14.2 Å². The van der Waals surface area contributed by atoms with E-state index in [-0.39, 0.29) is 47.7 Å². The zero-order valence-corrected chi connectivity index (χ0v) is 20.3. The lowest BCUT2D eigenvalue weighted by atomic mass is 10.0. The number of aliphatic hydroxyl groups is 1. The number of ether oxygens (including phenoxy) is 3. The quantitative estimate of drug-likeness (QED) is 0.319. The molecule has 2 aromatic carbocycles. The van der Waals surface area contributed by atoms with Crippen molar-refractivity contribution in [2.75, 3.05) is 6.61 Å². The fraction of sp³-hybridized carbons (Fsp3) is 0.179. The number of nitrogens with zero attached hydrogens (tertiary/aromatic N) is 2. The minimum absolute atomic E-state index is 0.00332. The molecule has 0 radical (unpaired) electrons. The fourth-order valence-electron chi connectivity index (χ4n) is 4.24. The summed E-state index contributed by atoms with van der Waals surface area (Å²) in [7, 11) is 0. The fourth-order valence-corrected chi connectivity index (χ4v) is 4.24. The molecule has 0 saturated heterocycles. The van der Waals surface area contributed by atoms with Gasteiger partial charge in [-0.1, -0.05) is 42.5 Å². The van der Waals surface area contributed by atoms with E-state index in [1.807, 2.05) is 30.3 Å². The summed E-state index contributed by atoms with van der Waals surface area (Å²) in [6.45, 7) is 1.83. The number of aliphatic carboxylic acids is 1. The van der Waals surface area contributed by atoms with E-state index in [0.717, 1.165) is 21.9 Å². The highest BCUT2D eigenvalue weighted by atomic mass is 19.1. The average molecular weight is 518 g/mol. The van der Waals surface area contributed by atoms with Crippen LogP contribution in [-0.4, -0.2) is 32.3 Å². The summed E-state index contributed by atoms with van der Waals surface area (Å²) in [5.41, 5.74) is 1.38. The van der Waals surface area contributed by atoms with E-state index in [9.17, 15) is 24.2 Å². The number of halogens is 1. The van der Waals surface area contributed by atoms with Gasteiger partial charge in [0.25, 0.3) is 5.56 Å². The van der Waals surface area contributed by atoms with Gasteiger partial charge in [0.1, 0.15) is 29.0 Å². The molecular weight excluding hydrogens is 495 g/mol. The highest BCUT2D eigenvalue weighted by molar-refractivity contribution is 5.96. The zero-order chi connectivity index (χ0) is 26.8. The van der Waals surface area contributed by atoms with Crippen molar-refractivity contribution in [2.45, 2.75) is 26.2 Å². The molecule has 0 aliphatic carbocycles. The lowest BCUT2D eigenvalue weighted by molar-refractivity contribution is -0.134. The Bertz CT molecular complexity index is 1600. The number of carboxylic acid groups (broad SMARTS) is 1. The minimum atomic E-state index is -1.65. The third-order valence-corrected chi connectivity index (χ3v) is 6.00. The molecule has 10 heteroatoms. The highest BCUT2D eigenvalue weighted by Gasteiger charge is 2.31. The van der Waals surface area contributed by atoms with Crippen molar-refractivity contribution in [2.24, 2.45) is 0 Å². The minimum Gasteiger partial charge on any atom is -0.486 e. The number of rotatable bonds is 9. The van der Waals surface area contributed by atoms with Crippen LogP contribution < -0.4 is 15.0 Å². The third kappa shape index (κ3) is 4.74. The molecule has 0 fully saturated rings. The van der Waals surface area contributed by atoms with Crippen molar-refractivity contribution in [1.29, 1.82) is 0 Å². The van der Waals surface area contributed by atoms with Gasteiger partial charge < -0.3 is 24.4 Å². The number of hydrogen-bond donors (Lipinski definition) is 2. The Kier molecular flexibility index (Phi) is 6.91. The number of carbonyl (C=O) groups is 1. The monoisotopic (exact) mass is 518 g/mol. The predicted molar refractivity (Wildman–Crippen MR) is 135 cm³/mol. The molecule has 0 spiro atoms. The molecule has 38 heavy (non-hydrogen) atoms. The van der Waals surface area contributed by atoms with Gasteiger partial charge in [0, 0.05) is 24.8 Å². The summed E-state index contributed by atoms with van der Waals surface area (Å²) in [6.07, 6.45) is 1.09. The van der Waals surface area contributed by atoms with Crippen molar-refractivity contribution in [1.82, 2.24) is 9.55 Å². The second-order valence-corrected chi connectivity index (χ2v) is 8.51. The van der Waals surface area contributed by atoms with Crippen molar-refractivity contribution in [3.05, 3.63) is 105 Å². The number of aromatic nitrogens is 2. The van der Waals surface area contributed by atoms with Crippen molar-refractivity contribution >= 4 is 23.2 Å². The Balaban J connectivity index is 1.74. The maximum atomic E-state index is 13.7. The van der Waals surface area contributed by atoms with Crippen LogP contribution in [0.5, 0.6) is 11.5 Å². The van der Waals surface area contributed by atoms with Gasteiger partial charge in [0.2, 0.25) is 5.76 Å². The maximum absolute atomic E-state index is 13.7. The molecule has 1 atom stereocenters. The first-order valence-electron chi connectivity index (χ1n) is 11.8. The maximum Gasteiger partial charge on any atom is 0.373 e. The van der Waals surface area contributed by atoms with E-state index >= 15 is 0 Å². The van der Waals surface area contributed by atoms with Gasteiger partial charge in [0.15, 0.2) is 17.8 Å². The molecule has 0 bridgehead atoms. The first-order chi connectivity index (χ1) is 18.4. The van der Waals surface area contributed by atoms with E-state index in [0.29, 0.717) is 5.56 Å². The lowest BCUT2D eigenvalue weighted by Gasteiger charge is -2.24. The Morgan fingerprint density at radius 2 is 1.87 bits per heavy atom. The zero-order valence-electron chi connectivity index (χ0n) is 20.3. The van der Waals surface area contributed by atoms with Crippen LogP contribution in [0.15, 0.2) is 71.3 Å². The van der Waals surface area contributed by atoms with Crippen LogP contribution in [0.4, 0.5) is 4.39 Å². The number of carboxylic acids is 1. The summed E-state index contributed by atoms with van der Waals surface area (Å²) in [5.74, 6) is -2.19. The summed E-state index contributed by atoms with van der Waals surface area (Å²) in [5, 5.41) is 20.4. The van der Waals surface area contributed by atoms with Crippen LogP contribution in [-0.2, 0) is 22.6 Å². The number of aliphatic hydroxyl groups excluding tert-OH is 1. The lowest BCUT2D eigenvalue weighted by Crippen LogP contribution is -2.29. The van der Waals surface area contributed by atoms with Gasteiger partial charge in [0.05, 0.1) is 6.20 Å². The molecule has 0 saturated carbocycles. The van der Waals surface area contributed by atoms with Crippen LogP contribution in [0.2, 0.25) is 0 Å². The normalized spacial score (nSPS) is 13.1. The topological polar surface area (TPSA) is 120 Å². The SMILES string of the molecule is CCOC(O)c1c(OCc2ccccc2)c2ncc(Cc3ccc(F)cc3)c3c2n(c1=O)C=C(C(=O)O)O3. The molecule has 1 aliphatic rings. The Hall–Kier alpha value is -4.54. The molecule has 1 aliphatic heterocycles. The van der Waals surface area contributed by atoms with Crippen molar-refractivity contribution < 1.29 is 33.6 Å². The van der Waals surface area contributed by atoms with Gasteiger partial charge in [-0.05, 0) is 30.2 Å². The molecule has 194 valence electrons. The molecule has 4 aromatic rings. The van der Waals surface area contributed by atoms with Crippen LogP contribution in [0.3, 0.4) is 0 Å². The van der Waals surface area contributed by atoms with Crippen molar-refractivity contribution in [3.63, 3.8) is 0 Å². The standard InChI is InChI=1S/C28H23FN2O7/c1-2-36-28(35)21-25(37-15-17-6-4-3-5-7-17)22-23-24(38-20(27(33)34)14-31(23)26(21)32)18(13-30-22)12-16-8-10-19(29)11-9-16/h3-11,13-14,28,35H,2,12,15H2,1H3,(H,33,34). The molecular formula is C28H23FN2O7. The number of pyridine rings is 2. The Morgan fingerprint density at radius 3 is 2.55 bits per heavy atom. The Labute approximate surface area is 216 Å². The van der Waals surface area contributed by atoms with E-state index in [2.05, 4.69) is 4.98 Å². The second kappa shape index (κ2) is 10.4. The number of hydrogen-bond acceptors (Lipinski definition) is 7. The molecule has 0 amide bonds. The number of benzene rings is 2. The van der Waals surface area contributed by atoms with Gasteiger partial charge in [-0.25, -0.2) is 9.18 Å². The highest BCUT2D eigenvalue weighted by Crippen LogP contribution is 2.40. The van der Waals surface area contributed by atoms with Crippen molar-refractivity contribution in [3.8, 4) is 11.5 Å². The second-order valence-electron chi connectivity index (χ2n) is 8.51. The van der Waals surface area contributed by atoms with Crippen LogP contribution in [0, 0.1) is 5.82 Å². The predicted octanol–water partition coefficient (Wildman–Crippen LogP) is 4.01. The van der Waals surface area contributed by atoms with Gasteiger partial charge in [-0.2, -0.15) is 0 Å². The third-order valence-electron chi connectivity index (χ3n) is 6.00. The summed E-state index contributed by atoms with van der Waals surface area (Å²) in [4.78, 5) is 30.1. The van der Waals surface area contributed by atoms with E-state index in [1.165, 1.54) is 18.3 Å². The summed E-state index contributed by atoms with van der Waals surface area (Å²) >= 11 is 0. The molecule has 1 unspecified atom stereocenters. The summed E-state index contributed by atoms with van der Waals surface area (Å²) < 4.78 is 31.6.